The van der Waals surface area contributed by atoms with Crippen molar-refractivity contribution in [2.24, 2.45) is 5.92 Å². The second-order valence-electron chi connectivity index (χ2n) is 6.21. The second kappa shape index (κ2) is 4.62. The van der Waals surface area contributed by atoms with Gasteiger partial charge in [0.25, 0.3) is 0 Å². The number of fused-ring (bicyclic) bond motifs is 2. The van der Waals surface area contributed by atoms with Crippen molar-refractivity contribution in [3.05, 3.63) is 17.1 Å². The van der Waals surface area contributed by atoms with E-state index in [-0.39, 0.29) is 0 Å². The fraction of sp³-hybridized carbons (Fsp3) is 0.562. The Kier molecular flexibility index (Phi) is 2.88. The minimum Gasteiger partial charge on any atom is -0.397 e. The van der Waals surface area contributed by atoms with Crippen molar-refractivity contribution >= 4 is 32.9 Å². The Bertz CT molecular complexity index is 648. The van der Waals surface area contributed by atoms with Gasteiger partial charge in [0.05, 0.1) is 26.6 Å². The highest BCUT2D eigenvalue weighted by Crippen LogP contribution is 2.42. The Hall–Kier alpha value is -1.29. The van der Waals surface area contributed by atoms with Crippen LogP contribution < -0.4 is 10.6 Å². The van der Waals surface area contributed by atoms with Crippen molar-refractivity contribution in [1.29, 1.82) is 0 Å². The smallest absolute Gasteiger partial charge is 0.0907 e. The molecular formula is C16H21N3S. The zero-order chi connectivity index (χ0) is 13.7. The van der Waals surface area contributed by atoms with Gasteiger partial charge in [-0.25, -0.2) is 4.98 Å². The number of hydrogen-bond acceptors (Lipinski definition) is 4. The van der Waals surface area contributed by atoms with E-state index in [1.807, 2.05) is 0 Å². The SMILES string of the molecule is Cc1nc2cc(N3CCC4CCCCC43)c(N)cc2s1. The van der Waals surface area contributed by atoms with E-state index in [1.54, 1.807) is 11.3 Å². The minimum atomic E-state index is 0.711. The molecule has 1 saturated carbocycles. The number of benzene rings is 1. The van der Waals surface area contributed by atoms with E-state index in [1.165, 1.54) is 42.5 Å². The summed E-state index contributed by atoms with van der Waals surface area (Å²) in [5.74, 6) is 0.885. The standard InChI is InChI=1S/C16H21N3S/c1-10-18-13-9-15(12(17)8-16(13)20-10)19-7-6-11-4-2-3-5-14(11)19/h8-9,11,14H,2-7,17H2,1H3. The number of rotatable bonds is 1. The zero-order valence-corrected chi connectivity index (χ0v) is 12.7. The Balaban J connectivity index is 1.75. The number of nitrogens with zero attached hydrogens (tertiary/aromatic N) is 2. The first-order chi connectivity index (χ1) is 9.72. The normalized spacial score (nSPS) is 26.1. The summed E-state index contributed by atoms with van der Waals surface area (Å²) >= 11 is 1.73. The predicted octanol–water partition coefficient (Wildman–Crippen LogP) is 3.96. The highest BCUT2D eigenvalue weighted by Gasteiger charge is 2.36. The largest absolute Gasteiger partial charge is 0.397 e. The molecule has 2 N–H and O–H groups in total. The van der Waals surface area contributed by atoms with Crippen LogP contribution in [-0.4, -0.2) is 17.6 Å². The molecule has 1 aromatic heterocycles. The molecule has 1 aliphatic heterocycles. The van der Waals surface area contributed by atoms with Crippen LogP contribution in [0.4, 0.5) is 11.4 Å². The number of thiazole rings is 1. The summed E-state index contributed by atoms with van der Waals surface area (Å²) in [4.78, 5) is 7.19. The summed E-state index contributed by atoms with van der Waals surface area (Å²) in [5.41, 5.74) is 9.59. The summed E-state index contributed by atoms with van der Waals surface area (Å²) in [6, 6.07) is 5.04. The van der Waals surface area contributed by atoms with Crippen molar-refractivity contribution in [2.45, 2.75) is 45.1 Å². The molecule has 2 atom stereocenters. The van der Waals surface area contributed by atoms with Gasteiger partial charge in [-0.05, 0) is 44.2 Å². The lowest BCUT2D eigenvalue weighted by Crippen LogP contribution is -2.35. The summed E-state index contributed by atoms with van der Waals surface area (Å²) in [5, 5.41) is 1.12. The van der Waals surface area contributed by atoms with E-state index in [0.29, 0.717) is 6.04 Å². The van der Waals surface area contributed by atoms with Crippen LogP contribution >= 0.6 is 11.3 Å². The number of anilines is 2. The van der Waals surface area contributed by atoms with Crippen molar-refractivity contribution in [1.82, 2.24) is 4.98 Å². The molecule has 0 spiro atoms. The summed E-state index contributed by atoms with van der Waals surface area (Å²) in [7, 11) is 0. The fourth-order valence-corrected chi connectivity index (χ4v) is 4.90. The lowest BCUT2D eigenvalue weighted by atomic mass is 9.85. The fourth-order valence-electron chi connectivity index (χ4n) is 4.05. The van der Waals surface area contributed by atoms with Crippen LogP contribution in [0.3, 0.4) is 0 Å². The highest BCUT2D eigenvalue weighted by molar-refractivity contribution is 7.18. The highest BCUT2D eigenvalue weighted by atomic mass is 32.1. The van der Waals surface area contributed by atoms with E-state index in [9.17, 15) is 0 Å². The molecule has 0 bridgehead atoms. The molecule has 2 aliphatic rings. The average molecular weight is 287 g/mol. The Morgan fingerprint density at radius 3 is 3.00 bits per heavy atom. The van der Waals surface area contributed by atoms with Gasteiger partial charge in [-0.2, -0.15) is 0 Å². The van der Waals surface area contributed by atoms with E-state index in [2.05, 4.69) is 28.9 Å². The first kappa shape index (κ1) is 12.5. The average Bonchev–Trinajstić information content (AvgIpc) is 3.00. The number of hydrogen-bond donors (Lipinski definition) is 1. The molecule has 106 valence electrons. The summed E-state index contributed by atoms with van der Waals surface area (Å²) in [6.07, 6.45) is 6.85. The molecule has 1 saturated heterocycles. The van der Waals surface area contributed by atoms with Gasteiger partial charge in [-0.3, -0.25) is 0 Å². The lowest BCUT2D eigenvalue weighted by molar-refractivity contribution is 0.342. The van der Waals surface area contributed by atoms with Crippen molar-refractivity contribution in [2.75, 3.05) is 17.2 Å². The number of nitrogens with two attached hydrogens (primary N) is 1. The molecule has 2 aromatic rings. The van der Waals surface area contributed by atoms with E-state index < -0.39 is 0 Å². The van der Waals surface area contributed by atoms with Gasteiger partial charge >= 0.3 is 0 Å². The number of aromatic nitrogens is 1. The second-order valence-corrected chi connectivity index (χ2v) is 7.44. The maximum atomic E-state index is 6.33. The van der Waals surface area contributed by atoms with Crippen LogP contribution in [0.15, 0.2) is 12.1 Å². The minimum absolute atomic E-state index is 0.711. The van der Waals surface area contributed by atoms with Gasteiger partial charge in [0.15, 0.2) is 0 Å². The first-order valence-corrected chi connectivity index (χ1v) is 8.47. The van der Waals surface area contributed by atoms with Crippen LogP contribution in [0.5, 0.6) is 0 Å². The number of nitrogen functional groups attached to an aromatic ring is 1. The Labute approximate surface area is 123 Å². The van der Waals surface area contributed by atoms with E-state index >= 15 is 0 Å². The first-order valence-electron chi connectivity index (χ1n) is 7.65. The van der Waals surface area contributed by atoms with E-state index in [4.69, 9.17) is 5.73 Å². The molecule has 2 fully saturated rings. The van der Waals surface area contributed by atoms with Crippen LogP contribution in [0, 0.1) is 12.8 Å². The number of aryl methyl sites for hydroxylation is 1. The van der Waals surface area contributed by atoms with Gasteiger partial charge in [0, 0.05) is 12.6 Å². The molecule has 3 nitrogen and oxygen atoms in total. The molecule has 4 rings (SSSR count). The van der Waals surface area contributed by atoms with Gasteiger partial charge in [-0.1, -0.05) is 12.8 Å². The van der Waals surface area contributed by atoms with Crippen molar-refractivity contribution < 1.29 is 0 Å². The molecule has 2 unspecified atom stereocenters. The molecule has 1 aromatic carbocycles. The van der Waals surface area contributed by atoms with Gasteiger partial charge in [0.1, 0.15) is 0 Å². The quantitative estimate of drug-likeness (QED) is 0.807. The van der Waals surface area contributed by atoms with Crippen molar-refractivity contribution in [3.8, 4) is 0 Å². The molecule has 4 heteroatoms. The molecule has 20 heavy (non-hydrogen) atoms. The third kappa shape index (κ3) is 1.89. The van der Waals surface area contributed by atoms with Crippen LogP contribution in [0.25, 0.3) is 10.2 Å². The van der Waals surface area contributed by atoms with Gasteiger partial charge < -0.3 is 10.6 Å². The lowest BCUT2D eigenvalue weighted by Gasteiger charge is -2.33. The molecule has 0 amide bonds. The summed E-state index contributed by atoms with van der Waals surface area (Å²) < 4.78 is 1.21. The molecule has 2 heterocycles. The van der Waals surface area contributed by atoms with Crippen molar-refractivity contribution in [3.63, 3.8) is 0 Å². The maximum absolute atomic E-state index is 6.33. The Morgan fingerprint density at radius 1 is 1.25 bits per heavy atom. The molecular weight excluding hydrogens is 266 g/mol. The van der Waals surface area contributed by atoms with Crippen LogP contribution in [0.1, 0.15) is 37.1 Å². The maximum Gasteiger partial charge on any atom is 0.0907 e. The molecule has 0 radical (unpaired) electrons. The Morgan fingerprint density at radius 2 is 2.10 bits per heavy atom. The zero-order valence-electron chi connectivity index (χ0n) is 11.9. The third-order valence-corrected chi connectivity index (χ3v) is 5.90. The van der Waals surface area contributed by atoms with Crippen LogP contribution in [0.2, 0.25) is 0 Å². The predicted molar refractivity (Wildman–Crippen MR) is 86.5 cm³/mol. The monoisotopic (exact) mass is 287 g/mol. The topological polar surface area (TPSA) is 42.2 Å². The third-order valence-electron chi connectivity index (χ3n) is 4.96. The van der Waals surface area contributed by atoms with Gasteiger partial charge in [-0.15, -0.1) is 11.3 Å². The van der Waals surface area contributed by atoms with Gasteiger partial charge in [0.2, 0.25) is 0 Å². The summed E-state index contributed by atoms with van der Waals surface area (Å²) in [6.45, 7) is 3.22. The van der Waals surface area contributed by atoms with E-state index in [0.717, 1.165) is 28.7 Å². The molecule has 1 aliphatic carbocycles. The van der Waals surface area contributed by atoms with Crippen LogP contribution in [-0.2, 0) is 0 Å².